The summed E-state index contributed by atoms with van der Waals surface area (Å²) in [5.41, 5.74) is -0.572. The highest BCUT2D eigenvalue weighted by atomic mass is 16.1. The van der Waals surface area contributed by atoms with Crippen LogP contribution in [0.4, 0.5) is 0 Å². The summed E-state index contributed by atoms with van der Waals surface area (Å²) in [6.07, 6.45) is 1.77. The van der Waals surface area contributed by atoms with E-state index in [4.69, 9.17) is 0 Å². The van der Waals surface area contributed by atoms with Crippen molar-refractivity contribution in [2.45, 2.75) is 33.1 Å². The number of carbonyl (C=O) groups is 2. The van der Waals surface area contributed by atoms with Gasteiger partial charge in [0.05, 0.1) is 0 Å². The average Bonchev–Trinajstić information content (AvgIpc) is 2.15. The second-order valence-corrected chi connectivity index (χ2v) is 4.50. The minimum Gasteiger partial charge on any atom is -0.299 e. The smallest absolute Gasteiger partial charge is 0.140 e. The molecule has 2 bridgehead atoms. The molecule has 0 aromatic rings. The van der Waals surface area contributed by atoms with Crippen LogP contribution in [0.5, 0.6) is 0 Å². The minimum absolute atomic E-state index is 0.286. The van der Waals surface area contributed by atoms with Gasteiger partial charge in [-0.15, -0.1) is 0 Å². The molecule has 0 saturated heterocycles. The lowest BCUT2D eigenvalue weighted by atomic mass is 9.82. The zero-order chi connectivity index (χ0) is 8.28. The number of hydrogen-bond donors (Lipinski definition) is 0. The summed E-state index contributed by atoms with van der Waals surface area (Å²) in [4.78, 5) is 22.7. The fraction of sp³-hybridized carbons (Fsp3) is 0.778. The maximum atomic E-state index is 11.4. The van der Waals surface area contributed by atoms with Gasteiger partial charge >= 0.3 is 0 Å². The summed E-state index contributed by atoms with van der Waals surface area (Å²) in [6, 6.07) is 0. The monoisotopic (exact) mass is 152 g/mol. The number of rotatable bonds is 0. The third-order valence-corrected chi connectivity index (χ3v) is 3.23. The van der Waals surface area contributed by atoms with Crippen molar-refractivity contribution < 1.29 is 9.59 Å². The Morgan fingerprint density at radius 3 is 1.55 bits per heavy atom. The van der Waals surface area contributed by atoms with Crippen LogP contribution < -0.4 is 0 Å². The molecule has 0 aromatic carbocycles. The Morgan fingerprint density at radius 1 is 1.00 bits per heavy atom. The lowest BCUT2D eigenvalue weighted by molar-refractivity contribution is -0.135. The van der Waals surface area contributed by atoms with Crippen molar-refractivity contribution in [3.63, 3.8) is 0 Å². The van der Waals surface area contributed by atoms with Crippen molar-refractivity contribution in [1.82, 2.24) is 0 Å². The fourth-order valence-corrected chi connectivity index (χ4v) is 2.52. The lowest BCUT2D eigenvalue weighted by Crippen LogP contribution is -2.28. The van der Waals surface area contributed by atoms with Gasteiger partial charge < -0.3 is 0 Å². The van der Waals surface area contributed by atoms with Crippen LogP contribution >= 0.6 is 0 Å². The molecule has 2 atom stereocenters. The third kappa shape index (κ3) is 0.673. The van der Waals surface area contributed by atoms with Gasteiger partial charge in [0, 0.05) is 23.7 Å². The summed E-state index contributed by atoms with van der Waals surface area (Å²) < 4.78 is 0. The summed E-state index contributed by atoms with van der Waals surface area (Å²) in [6.45, 7) is 3.84. The van der Waals surface area contributed by atoms with Crippen LogP contribution in [0.3, 0.4) is 0 Å². The molecule has 0 aromatic heterocycles. The van der Waals surface area contributed by atoms with Gasteiger partial charge in [0.2, 0.25) is 0 Å². The molecule has 2 unspecified atom stereocenters. The van der Waals surface area contributed by atoms with Crippen LogP contribution in [-0.2, 0) is 9.59 Å². The molecule has 2 aliphatic carbocycles. The van der Waals surface area contributed by atoms with Gasteiger partial charge in [-0.2, -0.15) is 0 Å². The maximum absolute atomic E-state index is 11.4. The quantitative estimate of drug-likeness (QED) is 0.524. The summed E-state index contributed by atoms with van der Waals surface area (Å²) >= 11 is 0. The largest absolute Gasteiger partial charge is 0.299 e. The van der Waals surface area contributed by atoms with Crippen LogP contribution in [0.25, 0.3) is 0 Å². The molecule has 0 spiro atoms. The molecule has 0 N–H and O–H groups in total. The predicted octanol–water partition coefficient (Wildman–Crippen LogP) is 1.33. The number of fused-ring (bicyclic) bond motifs is 2. The Morgan fingerprint density at radius 2 is 1.36 bits per heavy atom. The Hall–Kier alpha value is -0.660. The predicted molar refractivity (Wildman–Crippen MR) is 40.1 cm³/mol. The molecule has 0 heterocycles. The third-order valence-electron chi connectivity index (χ3n) is 3.23. The Balaban J connectivity index is 2.45. The van der Waals surface area contributed by atoms with Crippen molar-refractivity contribution in [3.05, 3.63) is 0 Å². The van der Waals surface area contributed by atoms with Crippen molar-refractivity contribution in [2.75, 3.05) is 0 Å². The minimum atomic E-state index is -0.286. The average molecular weight is 152 g/mol. The SMILES string of the molecule is CC12CC(=O)C(C)(CC1=O)C2. The normalized spacial score (nSPS) is 48.9. The van der Waals surface area contributed by atoms with Gasteiger partial charge in [-0.25, -0.2) is 0 Å². The van der Waals surface area contributed by atoms with Crippen molar-refractivity contribution in [1.29, 1.82) is 0 Å². The van der Waals surface area contributed by atoms with Crippen LogP contribution in [0.2, 0.25) is 0 Å². The van der Waals surface area contributed by atoms with Crippen LogP contribution in [0, 0.1) is 10.8 Å². The standard InChI is InChI=1S/C9H12O2/c1-8-3-7(11)9(2,5-8)4-6(8)10/h3-5H2,1-2H3. The maximum Gasteiger partial charge on any atom is 0.140 e. The molecular weight excluding hydrogens is 140 g/mol. The van der Waals surface area contributed by atoms with E-state index in [2.05, 4.69) is 0 Å². The molecule has 2 heteroatoms. The Labute approximate surface area is 66.0 Å². The van der Waals surface area contributed by atoms with Crippen LogP contribution in [0.1, 0.15) is 33.1 Å². The summed E-state index contributed by atoms with van der Waals surface area (Å²) in [5.74, 6) is 0.583. The molecular formula is C9H12O2. The van der Waals surface area contributed by atoms with Crippen LogP contribution in [-0.4, -0.2) is 11.6 Å². The van der Waals surface area contributed by atoms with E-state index in [9.17, 15) is 9.59 Å². The van der Waals surface area contributed by atoms with Gasteiger partial charge in [0.1, 0.15) is 11.6 Å². The molecule has 0 amide bonds. The Kier molecular flexibility index (Phi) is 1.00. The first-order valence-corrected chi connectivity index (χ1v) is 4.03. The molecule has 2 aliphatic rings. The highest BCUT2D eigenvalue weighted by Gasteiger charge is 2.59. The van der Waals surface area contributed by atoms with Crippen molar-refractivity contribution >= 4 is 11.6 Å². The zero-order valence-corrected chi connectivity index (χ0v) is 6.94. The van der Waals surface area contributed by atoms with E-state index in [1.165, 1.54) is 0 Å². The highest BCUT2D eigenvalue weighted by Crippen LogP contribution is 2.56. The molecule has 2 fully saturated rings. The Bertz CT molecular complexity index is 230. The summed E-state index contributed by atoms with van der Waals surface area (Å²) in [5, 5.41) is 0. The van der Waals surface area contributed by atoms with Gasteiger partial charge in [-0.3, -0.25) is 9.59 Å². The van der Waals surface area contributed by atoms with E-state index in [1.54, 1.807) is 0 Å². The zero-order valence-electron chi connectivity index (χ0n) is 6.94. The highest BCUT2D eigenvalue weighted by molar-refractivity contribution is 6.04. The van der Waals surface area contributed by atoms with E-state index in [0.29, 0.717) is 24.4 Å². The number of hydrogen-bond acceptors (Lipinski definition) is 2. The van der Waals surface area contributed by atoms with Gasteiger partial charge in [0.15, 0.2) is 0 Å². The van der Waals surface area contributed by atoms with E-state index in [1.807, 2.05) is 13.8 Å². The van der Waals surface area contributed by atoms with Crippen molar-refractivity contribution in [2.24, 2.45) is 10.8 Å². The molecule has 2 nitrogen and oxygen atoms in total. The van der Waals surface area contributed by atoms with Crippen LogP contribution in [0.15, 0.2) is 0 Å². The van der Waals surface area contributed by atoms with E-state index in [-0.39, 0.29) is 10.8 Å². The number of Topliss-reactive ketones (excluding diaryl/α,β-unsaturated/α-hetero) is 2. The molecule has 60 valence electrons. The van der Waals surface area contributed by atoms with Gasteiger partial charge in [0.25, 0.3) is 0 Å². The second-order valence-electron chi connectivity index (χ2n) is 4.50. The van der Waals surface area contributed by atoms with Crippen molar-refractivity contribution in [3.8, 4) is 0 Å². The molecule has 0 aliphatic heterocycles. The lowest BCUT2D eigenvalue weighted by Gasteiger charge is -2.19. The molecule has 2 rings (SSSR count). The number of ketones is 2. The molecule has 11 heavy (non-hydrogen) atoms. The second kappa shape index (κ2) is 1.57. The fourth-order valence-electron chi connectivity index (χ4n) is 2.52. The van der Waals surface area contributed by atoms with E-state index < -0.39 is 0 Å². The first kappa shape index (κ1) is 7.01. The molecule has 2 saturated carbocycles. The molecule has 0 radical (unpaired) electrons. The van der Waals surface area contributed by atoms with Gasteiger partial charge in [-0.05, 0) is 6.42 Å². The first-order chi connectivity index (χ1) is 4.96. The van der Waals surface area contributed by atoms with E-state index in [0.717, 1.165) is 6.42 Å². The first-order valence-electron chi connectivity index (χ1n) is 4.03. The number of carbonyl (C=O) groups excluding carboxylic acids is 2. The summed E-state index contributed by atoms with van der Waals surface area (Å²) in [7, 11) is 0. The topological polar surface area (TPSA) is 34.1 Å². The van der Waals surface area contributed by atoms with E-state index >= 15 is 0 Å². The van der Waals surface area contributed by atoms with Gasteiger partial charge in [-0.1, -0.05) is 13.8 Å².